The van der Waals surface area contributed by atoms with E-state index in [1.54, 1.807) is 4.88 Å². The maximum Gasteiger partial charge on any atom is 0.0467 e. The molecule has 2 nitrogen and oxygen atoms in total. The van der Waals surface area contributed by atoms with Crippen molar-refractivity contribution in [1.82, 2.24) is 10.2 Å². The summed E-state index contributed by atoms with van der Waals surface area (Å²) >= 11 is 1.93. The van der Waals surface area contributed by atoms with Crippen molar-refractivity contribution < 1.29 is 0 Å². The molecule has 0 saturated carbocycles. The van der Waals surface area contributed by atoms with E-state index < -0.39 is 0 Å². The number of nitrogens with zero attached hydrogens (tertiary/aromatic N) is 1. The second kappa shape index (κ2) is 5.55. The van der Waals surface area contributed by atoms with Gasteiger partial charge in [0.15, 0.2) is 0 Å². The normalized spacial score (nSPS) is 32.9. The minimum Gasteiger partial charge on any atom is -0.316 e. The van der Waals surface area contributed by atoms with Crippen LogP contribution in [-0.4, -0.2) is 30.6 Å². The van der Waals surface area contributed by atoms with Crippen molar-refractivity contribution in [3.05, 3.63) is 22.4 Å². The average Bonchev–Trinajstić information content (AvgIpc) is 3.04. The van der Waals surface area contributed by atoms with E-state index in [9.17, 15) is 0 Å². The molecule has 0 aromatic carbocycles. The van der Waals surface area contributed by atoms with Crippen LogP contribution in [0, 0.1) is 17.8 Å². The molecule has 4 atom stereocenters. The molecule has 2 aliphatic heterocycles. The highest BCUT2D eigenvalue weighted by atomic mass is 32.1. The summed E-state index contributed by atoms with van der Waals surface area (Å²) in [6, 6.07) is 5.92. The third kappa shape index (κ3) is 2.37. The number of hydrogen-bond acceptors (Lipinski definition) is 3. The first-order chi connectivity index (χ1) is 9.22. The maximum absolute atomic E-state index is 3.59. The number of likely N-dealkylation sites (tertiary alicyclic amines) is 1. The number of rotatable bonds is 4. The van der Waals surface area contributed by atoms with Crippen molar-refractivity contribution in [2.45, 2.75) is 39.3 Å². The minimum atomic E-state index is 0.621. The Morgan fingerprint density at radius 3 is 2.89 bits per heavy atom. The van der Waals surface area contributed by atoms with Crippen LogP contribution in [0.25, 0.3) is 0 Å². The molecule has 2 saturated heterocycles. The van der Waals surface area contributed by atoms with Crippen LogP contribution in [0.4, 0.5) is 0 Å². The first kappa shape index (κ1) is 13.6. The Bertz CT molecular complexity index is 401. The van der Waals surface area contributed by atoms with E-state index in [4.69, 9.17) is 0 Å². The molecule has 2 aliphatic rings. The van der Waals surface area contributed by atoms with Crippen molar-refractivity contribution in [2.75, 3.05) is 19.6 Å². The fourth-order valence-electron chi connectivity index (χ4n) is 4.25. The van der Waals surface area contributed by atoms with Gasteiger partial charge >= 0.3 is 0 Å². The minimum absolute atomic E-state index is 0.621. The zero-order valence-electron chi connectivity index (χ0n) is 12.3. The molecule has 0 radical (unpaired) electrons. The Morgan fingerprint density at radius 2 is 2.26 bits per heavy atom. The number of thiophene rings is 1. The Kier molecular flexibility index (Phi) is 3.97. The monoisotopic (exact) mass is 278 g/mol. The quantitative estimate of drug-likeness (QED) is 0.908. The molecule has 3 heteroatoms. The molecular formula is C16H26N2S. The van der Waals surface area contributed by atoms with Crippen molar-refractivity contribution in [3.8, 4) is 0 Å². The number of fused-ring (bicyclic) bond motifs is 1. The fraction of sp³-hybridized carbons (Fsp3) is 0.750. The fourth-order valence-corrected chi connectivity index (χ4v) is 5.27. The summed E-state index contributed by atoms with van der Waals surface area (Å²) in [5, 5.41) is 5.81. The third-order valence-electron chi connectivity index (χ3n) is 5.00. The highest BCUT2D eigenvalue weighted by molar-refractivity contribution is 7.10. The maximum atomic E-state index is 3.59. The zero-order chi connectivity index (χ0) is 13.4. The molecule has 0 bridgehead atoms. The van der Waals surface area contributed by atoms with Gasteiger partial charge in [0, 0.05) is 23.5 Å². The SMILES string of the molecule is CCC1C2CNCC2CN1C(c1cccs1)C(C)C. The van der Waals surface area contributed by atoms with Crippen LogP contribution in [0.15, 0.2) is 17.5 Å². The lowest BCUT2D eigenvalue weighted by Gasteiger charge is -2.36. The molecule has 0 aliphatic carbocycles. The number of hydrogen-bond donors (Lipinski definition) is 1. The van der Waals surface area contributed by atoms with Gasteiger partial charge in [0.2, 0.25) is 0 Å². The zero-order valence-corrected chi connectivity index (χ0v) is 13.1. The Labute approximate surface area is 121 Å². The lowest BCUT2D eigenvalue weighted by atomic mass is 9.92. The van der Waals surface area contributed by atoms with Crippen molar-refractivity contribution >= 4 is 11.3 Å². The molecular weight excluding hydrogens is 252 g/mol. The predicted octanol–water partition coefficient (Wildman–Crippen LogP) is 3.38. The Balaban J connectivity index is 1.86. The first-order valence-corrected chi connectivity index (χ1v) is 8.60. The lowest BCUT2D eigenvalue weighted by Crippen LogP contribution is -2.39. The van der Waals surface area contributed by atoms with Gasteiger partial charge in [0.25, 0.3) is 0 Å². The van der Waals surface area contributed by atoms with E-state index in [0.29, 0.717) is 12.0 Å². The van der Waals surface area contributed by atoms with Gasteiger partial charge < -0.3 is 5.32 Å². The molecule has 106 valence electrons. The molecule has 0 spiro atoms. The van der Waals surface area contributed by atoms with E-state index in [2.05, 4.69) is 48.5 Å². The summed E-state index contributed by atoms with van der Waals surface area (Å²) in [6.45, 7) is 10.9. The van der Waals surface area contributed by atoms with Crippen LogP contribution in [0.2, 0.25) is 0 Å². The topological polar surface area (TPSA) is 15.3 Å². The second-order valence-corrected chi connectivity index (χ2v) is 7.44. The molecule has 19 heavy (non-hydrogen) atoms. The summed E-state index contributed by atoms with van der Waals surface area (Å²) in [5.41, 5.74) is 0. The molecule has 1 N–H and O–H groups in total. The van der Waals surface area contributed by atoms with Gasteiger partial charge in [-0.05, 0) is 48.7 Å². The average molecular weight is 278 g/mol. The summed E-state index contributed by atoms with van der Waals surface area (Å²) in [6.07, 6.45) is 1.29. The van der Waals surface area contributed by atoms with E-state index in [0.717, 1.165) is 17.9 Å². The Morgan fingerprint density at radius 1 is 1.42 bits per heavy atom. The molecule has 3 heterocycles. The molecule has 1 aromatic heterocycles. The summed E-state index contributed by atoms with van der Waals surface area (Å²) in [5.74, 6) is 2.46. The summed E-state index contributed by atoms with van der Waals surface area (Å²) in [4.78, 5) is 4.38. The van der Waals surface area contributed by atoms with Crippen molar-refractivity contribution in [3.63, 3.8) is 0 Å². The van der Waals surface area contributed by atoms with Gasteiger partial charge in [-0.1, -0.05) is 26.8 Å². The standard InChI is InChI=1S/C16H26N2S/c1-4-14-13-9-17-8-12(13)10-18(14)16(11(2)3)15-6-5-7-19-15/h5-7,11-14,16-17H,4,8-10H2,1-3H3. The lowest BCUT2D eigenvalue weighted by molar-refractivity contribution is 0.123. The predicted molar refractivity (Wildman–Crippen MR) is 82.5 cm³/mol. The van der Waals surface area contributed by atoms with Crippen LogP contribution in [0.5, 0.6) is 0 Å². The van der Waals surface area contributed by atoms with Gasteiger partial charge in [-0.25, -0.2) is 0 Å². The summed E-state index contributed by atoms with van der Waals surface area (Å²) < 4.78 is 0. The van der Waals surface area contributed by atoms with E-state index in [-0.39, 0.29) is 0 Å². The van der Waals surface area contributed by atoms with Crippen LogP contribution < -0.4 is 5.32 Å². The van der Waals surface area contributed by atoms with E-state index in [1.807, 2.05) is 11.3 Å². The molecule has 4 unspecified atom stereocenters. The van der Waals surface area contributed by atoms with Gasteiger partial charge in [0.05, 0.1) is 0 Å². The molecule has 2 fully saturated rings. The van der Waals surface area contributed by atoms with Gasteiger partial charge in [0.1, 0.15) is 0 Å². The van der Waals surface area contributed by atoms with Crippen LogP contribution in [-0.2, 0) is 0 Å². The smallest absolute Gasteiger partial charge is 0.0467 e. The van der Waals surface area contributed by atoms with Gasteiger partial charge in [-0.3, -0.25) is 4.90 Å². The molecule has 1 aromatic rings. The van der Waals surface area contributed by atoms with Crippen molar-refractivity contribution in [2.24, 2.45) is 17.8 Å². The van der Waals surface area contributed by atoms with Gasteiger partial charge in [-0.2, -0.15) is 0 Å². The van der Waals surface area contributed by atoms with Crippen LogP contribution in [0.1, 0.15) is 38.1 Å². The van der Waals surface area contributed by atoms with E-state index >= 15 is 0 Å². The first-order valence-electron chi connectivity index (χ1n) is 7.72. The molecule has 0 amide bonds. The Hall–Kier alpha value is -0.380. The summed E-state index contributed by atoms with van der Waals surface area (Å²) in [7, 11) is 0. The third-order valence-corrected chi connectivity index (χ3v) is 5.94. The van der Waals surface area contributed by atoms with E-state index in [1.165, 1.54) is 26.1 Å². The van der Waals surface area contributed by atoms with Gasteiger partial charge in [-0.15, -0.1) is 11.3 Å². The highest BCUT2D eigenvalue weighted by Crippen LogP contribution is 2.43. The number of nitrogens with one attached hydrogen (secondary N) is 1. The largest absolute Gasteiger partial charge is 0.316 e. The highest BCUT2D eigenvalue weighted by Gasteiger charge is 2.46. The van der Waals surface area contributed by atoms with Crippen molar-refractivity contribution in [1.29, 1.82) is 0 Å². The molecule has 3 rings (SSSR count). The second-order valence-electron chi connectivity index (χ2n) is 6.46. The van der Waals surface area contributed by atoms with Crippen LogP contribution in [0.3, 0.4) is 0 Å². The van der Waals surface area contributed by atoms with Crippen LogP contribution >= 0.6 is 11.3 Å².